The smallest absolute Gasteiger partial charge is 0.191 e. The molecule has 0 bridgehead atoms. The number of rotatable bonds is 5. The third kappa shape index (κ3) is 6.05. The fourth-order valence-corrected chi connectivity index (χ4v) is 2.79. The maximum Gasteiger partial charge on any atom is 0.191 e. The van der Waals surface area contributed by atoms with Crippen molar-refractivity contribution in [2.75, 3.05) is 13.6 Å². The van der Waals surface area contributed by atoms with Crippen molar-refractivity contribution in [1.82, 2.24) is 10.6 Å². The Kier molecular flexibility index (Phi) is 8.37. The lowest BCUT2D eigenvalue weighted by Gasteiger charge is -2.11. The zero-order valence-electron chi connectivity index (χ0n) is 12.4. The molecule has 2 rings (SSSR count). The average molecular weight is 415 g/mol. The Morgan fingerprint density at radius 1 is 1.14 bits per heavy atom. The molecule has 2 aromatic rings. The Balaban J connectivity index is 0.00000220. The first-order valence-corrected chi connectivity index (χ1v) is 7.69. The molecule has 0 unspecified atom stereocenters. The summed E-state index contributed by atoms with van der Waals surface area (Å²) in [7, 11) is 1.80. The van der Waals surface area contributed by atoms with Gasteiger partial charge in [0.15, 0.2) is 5.96 Å². The van der Waals surface area contributed by atoms with Gasteiger partial charge < -0.3 is 10.6 Å². The number of hydrogen-bond acceptors (Lipinski definition) is 2. The number of hydrogen-bond donors (Lipinski definition) is 2. The molecule has 0 amide bonds. The summed E-state index contributed by atoms with van der Waals surface area (Å²) in [6.45, 7) is 3.85. The highest BCUT2D eigenvalue weighted by atomic mass is 127. The van der Waals surface area contributed by atoms with Crippen LogP contribution in [0.25, 0.3) is 0 Å². The van der Waals surface area contributed by atoms with Crippen LogP contribution in [0.5, 0.6) is 0 Å². The van der Waals surface area contributed by atoms with Gasteiger partial charge in [-0.3, -0.25) is 4.99 Å². The number of thiophene rings is 1. The molecule has 0 atom stereocenters. The van der Waals surface area contributed by atoms with E-state index in [9.17, 15) is 0 Å². The highest BCUT2D eigenvalue weighted by molar-refractivity contribution is 14.0. The molecule has 0 aliphatic heterocycles. The predicted octanol–water partition coefficient (Wildman–Crippen LogP) is 3.58. The highest BCUT2D eigenvalue weighted by Crippen LogP contribution is 2.14. The topological polar surface area (TPSA) is 36.4 Å². The number of benzene rings is 1. The molecule has 2 N–H and O–H groups in total. The van der Waals surface area contributed by atoms with Crippen LogP contribution in [-0.2, 0) is 13.0 Å². The van der Waals surface area contributed by atoms with Crippen molar-refractivity contribution >= 4 is 41.3 Å². The van der Waals surface area contributed by atoms with E-state index in [0.717, 1.165) is 25.5 Å². The van der Waals surface area contributed by atoms with Gasteiger partial charge in [-0.25, -0.2) is 0 Å². The highest BCUT2D eigenvalue weighted by Gasteiger charge is 2.01. The van der Waals surface area contributed by atoms with E-state index in [0.29, 0.717) is 0 Å². The normalized spacial score (nSPS) is 10.9. The van der Waals surface area contributed by atoms with Gasteiger partial charge in [0.05, 0.1) is 6.54 Å². The van der Waals surface area contributed by atoms with E-state index in [1.807, 2.05) is 6.07 Å². The molecule has 3 nitrogen and oxygen atoms in total. The third-order valence-corrected chi connectivity index (χ3v) is 4.18. The first kappa shape index (κ1) is 18.0. The molecule has 0 spiro atoms. The molecule has 0 radical (unpaired) electrons. The molecule has 0 fully saturated rings. The summed E-state index contributed by atoms with van der Waals surface area (Å²) in [6.07, 6.45) is 1.000. The van der Waals surface area contributed by atoms with Gasteiger partial charge in [0.1, 0.15) is 0 Å². The second kappa shape index (κ2) is 9.78. The van der Waals surface area contributed by atoms with Gasteiger partial charge in [0.2, 0.25) is 0 Å². The molecule has 114 valence electrons. The van der Waals surface area contributed by atoms with Gasteiger partial charge in [-0.1, -0.05) is 30.3 Å². The van der Waals surface area contributed by atoms with Gasteiger partial charge in [-0.15, -0.1) is 35.3 Å². The van der Waals surface area contributed by atoms with Crippen molar-refractivity contribution in [3.8, 4) is 0 Å². The fraction of sp³-hybridized carbons (Fsp3) is 0.312. The van der Waals surface area contributed by atoms with Crippen LogP contribution in [0.1, 0.15) is 16.0 Å². The molecular weight excluding hydrogens is 393 g/mol. The van der Waals surface area contributed by atoms with Crippen LogP contribution in [0.4, 0.5) is 0 Å². The van der Waals surface area contributed by atoms with E-state index in [2.05, 4.69) is 58.3 Å². The molecule has 21 heavy (non-hydrogen) atoms. The molecule has 1 aromatic heterocycles. The lowest BCUT2D eigenvalue weighted by Crippen LogP contribution is -2.37. The zero-order valence-corrected chi connectivity index (χ0v) is 15.6. The van der Waals surface area contributed by atoms with Crippen LogP contribution >= 0.6 is 35.3 Å². The van der Waals surface area contributed by atoms with Crippen LogP contribution in [0, 0.1) is 6.92 Å². The largest absolute Gasteiger partial charge is 0.356 e. The van der Waals surface area contributed by atoms with Crippen LogP contribution in [0.3, 0.4) is 0 Å². The molecule has 0 saturated heterocycles. The van der Waals surface area contributed by atoms with Crippen molar-refractivity contribution < 1.29 is 0 Å². The predicted molar refractivity (Wildman–Crippen MR) is 103 cm³/mol. The van der Waals surface area contributed by atoms with Crippen molar-refractivity contribution in [3.05, 3.63) is 57.8 Å². The van der Waals surface area contributed by atoms with E-state index in [1.54, 1.807) is 18.4 Å². The van der Waals surface area contributed by atoms with Crippen molar-refractivity contribution in [3.63, 3.8) is 0 Å². The summed E-state index contributed by atoms with van der Waals surface area (Å²) in [5.74, 6) is 0.855. The molecule has 0 saturated carbocycles. The number of aliphatic imine (C=N–C) groups is 1. The van der Waals surface area contributed by atoms with E-state index in [-0.39, 0.29) is 24.0 Å². The minimum Gasteiger partial charge on any atom is -0.356 e. The van der Waals surface area contributed by atoms with Gasteiger partial charge in [0, 0.05) is 18.5 Å². The number of halogens is 1. The van der Waals surface area contributed by atoms with E-state index >= 15 is 0 Å². The standard InChI is InChI=1S/C16H21N3S.HI/c1-13-9-11-20-15(13)12-19-16(17-2)18-10-8-14-6-4-3-5-7-14;/h3-7,9,11H,8,10,12H2,1-2H3,(H2,17,18,19);1H. The minimum atomic E-state index is 0. The molecular formula is C16H22IN3S. The lowest BCUT2D eigenvalue weighted by molar-refractivity contribution is 0.798. The van der Waals surface area contributed by atoms with Crippen LogP contribution in [0.2, 0.25) is 0 Å². The number of aryl methyl sites for hydroxylation is 1. The third-order valence-electron chi connectivity index (χ3n) is 3.16. The summed E-state index contributed by atoms with van der Waals surface area (Å²) in [4.78, 5) is 5.60. The maximum absolute atomic E-state index is 4.25. The number of nitrogens with zero attached hydrogens (tertiary/aromatic N) is 1. The van der Waals surface area contributed by atoms with Crippen LogP contribution < -0.4 is 10.6 Å². The van der Waals surface area contributed by atoms with Crippen molar-refractivity contribution in [2.24, 2.45) is 4.99 Å². The Bertz CT molecular complexity index is 552. The lowest BCUT2D eigenvalue weighted by atomic mass is 10.1. The summed E-state index contributed by atoms with van der Waals surface area (Å²) < 4.78 is 0. The Morgan fingerprint density at radius 2 is 1.90 bits per heavy atom. The summed E-state index contributed by atoms with van der Waals surface area (Å²) in [6, 6.07) is 12.6. The Labute approximate surface area is 147 Å². The molecule has 0 aliphatic rings. The van der Waals surface area contributed by atoms with Crippen molar-refractivity contribution in [2.45, 2.75) is 19.9 Å². The van der Waals surface area contributed by atoms with Gasteiger partial charge >= 0.3 is 0 Å². The summed E-state index contributed by atoms with van der Waals surface area (Å²) in [5, 5.41) is 8.81. The van der Waals surface area contributed by atoms with Gasteiger partial charge in [-0.05, 0) is 35.9 Å². The minimum absolute atomic E-state index is 0. The zero-order chi connectivity index (χ0) is 14.2. The number of nitrogens with one attached hydrogen (secondary N) is 2. The number of guanidine groups is 1. The molecule has 0 aliphatic carbocycles. The summed E-state index contributed by atoms with van der Waals surface area (Å²) >= 11 is 1.78. The second-order valence-electron chi connectivity index (χ2n) is 4.61. The molecule has 1 heterocycles. The molecule has 5 heteroatoms. The van der Waals surface area contributed by atoms with Gasteiger partial charge in [-0.2, -0.15) is 0 Å². The Morgan fingerprint density at radius 3 is 2.52 bits per heavy atom. The van der Waals surface area contributed by atoms with Gasteiger partial charge in [0.25, 0.3) is 0 Å². The first-order chi connectivity index (χ1) is 9.79. The quantitative estimate of drug-likeness (QED) is 0.445. The molecule has 1 aromatic carbocycles. The van der Waals surface area contributed by atoms with Crippen LogP contribution in [-0.4, -0.2) is 19.6 Å². The monoisotopic (exact) mass is 415 g/mol. The second-order valence-corrected chi connectivity index (χ2v) is 5.62. The summed E-state index contributed by atoms with van der Waals surface area (Å²) in [5.41, 5.74) is 2.67. The SMILES string of the molecule is CN=C(NCCc1ccccc1)NCc1sccc1C.I. The first-order valence-electron chi connectivity index (χ1n) is 6.81. The van der Waals surface area contributed by atoms with E-state index < -0.39 is 0 Å². The Hall–Kier alpha value is -1.08. The average Bonchev–Trinajstić information content (AvgIpc) is 2.89. The van der Waals surface area contributed by atoms with E-state index in [1.165, 1.54) is 16.0 Å². The van der Waals surface area contributed by atoms with Crippen molar-refractivity contribution in [1.29, 1.82) is 0 Å². The fourth-order valence-electron chi connectivity index (χ4n) is 1.94. The van der Waals surface area contributed by atoms with E-state index in [4.69, 9.17) is 0 Å². The van der Waals surface area contributed by atoms with Crippen LogP contribution in [0.15, 0.2) is 46.8 Å². The maximum atomic E-state index is 4.25.